The molecule has 0 spiro atoms. The molecule has 1 fully saturated rings. The Morgan fingerprint density at radius 1 is 1.59 bits per heavy atom. The van der Waals surface area contributed by atoms with Gasteiger partial charge in [0.05, 0.1) is 13.1 Å². The van der Waals surface area contributed by atoms with Crippen molar-refractivity contribution in [3.05, 3.63) is 21.9 Å². The van der Waals surface area contributed by atoms with Crippen molar-refractivity contribution in [2.24, 2.45) is 11.7 Å². The van der Waals surface area contributed by atoms with Gasteiger partial charge in [0, 0.05) is 22.2 Å². The molecule has 90 valence electrons. The molecule has 3 N–H and O–H groups in total. The molecule has 2 rings (SSSR count). The first-order chi connectivity index (χ1) is 8.28. The molecule has 17 heavy (non-hydrogen) atoms. The van der Waals surface area contributed by atoms with E-state index in [-0.39, 0.29) is 5.91 Å². The van der Waals surface area contributed by atoms with Gasteiger partial charge in [0.2, 0.25) is 5.91 Å². The minimum atomic E-state index is 0.162. The van der Waals surface area contributed by atoms with Gasteiger partial charge in [0.1, 0.15) is 0 Å². The lowest BCUT2D eigenvalue weighted by atomic mass is 10.2. The summed E-state index contributed by atoms with van der Waals surface area (Å²) in [5.74, 6) is 6.60. The normalized spacial score (nSPS) is 13.9. The summed E-state index contributed by atoms with van der Waals surface area (Å²) in [7, 11) is 0. The van der Waals surface area contributed by atoms with E-state index in [1.807, 2.05) is 11.4 Å². The highest BCUT2D eigenvalue weighted by atomic mass is 32.1. The Bertz CT molecular complexity index is 451. The predicted molar refractivity (Wildman–Crippen MR) is 69.4 cm³/mol. The Morgan fingerprint density at radius 3 is 3.12 bits per heavy atom. The number of thiophene rings is 1. The zero-order chi connectivity index (χ0) is 12.1. The molecule has 1 aliphatic rings. The SMILES string of the molecule is NCC#Cc1csc(CNC(=O)CC2CC2)c1. The molecule has 0 atom stereocenters. The number of nitrogens with two attached hydrogens (primary N) is 1. The third-order valence-corrected chi connectivity index (χ3v) is 3.56. The van der Waals surface area contributed by atoms with Crippen LogP contribution in [0.1, 0.15) is 29.7 Å². The molecule has 0 aliphatic heterocycles. The summed E-state index contributed by atoms with van der Waals surface area (Å²) in [6.45, 7) is 0.990. The fraction of sp³-hybridized carbons (Fsp3) is 0.462. The fourth-order valence-electron chi connectivity index (χ4n) is 1.53. The maximum atomic E-state index is 11.5. The quantitative estimate of drug-likeness (QED) is 0.793. The summed E-state index contributed by atoms with van der Waals surface area (Å²) >= 11 is 1.62. The number of rotatable bonds is 4. The first kappa shape index (κ1) is 12.2. The van der Waals surface area contributed by atoms with Crippen LogP contribution in [0.5, 0.6) is 0 Å². The summed E-state index contributed by atoms with van der Waals surface area (Å²) in [6.07, 6.45) is 3.11. The van der Waals surface area contributed by atoms with Crippen LogP contribution in [0.3, 0.4) is 0 Å². The Labute approximate surface area is 105 Å². The van der Waals surface area contributed by atoms with Crippen LogP contribution in [0.4, 0.5) is 0 Å². The third kappa shape index (κ3) is 4.22. The Morgan fingerprint density at radius 2 is 2.41 bits per heavy atom. The summed E-state index contributed by atoms with van der Waals surface area (Å²) < 4.78 is 0. The molecule has 3 nitrogen and oxygen atoms in total. The van der Waals surface area contributed by atoms with Crippen molar-refractivity contribution in [1.82, 2.24) is 5.32 Å². The molecular formula is C13H16N2OS. The van der Waals surface area contributed by atoms with Gasteiger partial charge >= 0.3 is 0 Å². The molecule has 1 saturated carbocycles. The molecule has 0 saturated heterocycles. The van der Waals surface area contributed by atoms with Crippen molar-refractivity contribution in [1.29, 1.82) is 0 Å². The van der Waals surface area contributed by atoms with E-state index >= 15 is 0 Å². The van der Waals surface area contributed by atoms with Crippen LogP contribution in [-0.4, -0.2) is 12.5 Å². The van der Waals surface area contributed by atoms with E-state index < -0.39 is 0 Å². The van der Waals surface area contributed by atoms with E-state index in [2.05, 4.69) is 17.2 Å². The molecule has 4 heteroatoms. The second-order valence-corrected chi connectivity index (χ2v) is 5.23. The van der Waals surface area contributed by atoms with Crippen LogP contribution in [0.2, 0.25) is 0 Å². The van der Waals surface area contributed by atoms with E-state index in [1.165, 1.54) is 12.8 Å². The smallest absolute Gasteiger partial charge is 0.220 e. The average molecular weight is 248 g/mol. The largest absolute Gasteiger partial charge is 0.351 e. The van der Waals surface area contributed by atoms with Crippen LogP contribution >= 0.6 is 11.3 Å². The van der Waals surface area contributed by atoms with Crippen molar-refractivity contribution in [3.8, 4) is 11.8 Å². The van der Waals surface area contributed by atoms with Crippen LogP contribution in [0, 0.1) is 17.8 Å². The van der Waals surface area contributed by atoms with Gasteiger partial charge in [-0.1, -0.05) is 11.8 Å². The van der Waals surface area contributed by atoms with E-state index in [0.29, 0.717) is 25.4 Å². The standard InChI is InChI=1S/C13H16N2OS/c14-5-1-2-11-6-12(17-9-11)8-15-13(16)7-10-3-4-10/h6,9-10H,3-5,7-8,14H2,(H,15,16). The van der Waals surface area contributed by atoms with Gasteiger partial charge < -0.3 is 11.1 Å². The molecule has 1 amide bonds. The molecule has 1 aliphatic carbocycles. The van der Waals surface area contributed by atoms with E-state index in [4.69, 9.17) is 5.73 Å². The maximum Gasteiger partial charge on any atom is 0.220 e. The van der Waals surface area contributed by atoms with Gasteiger partial charge in [-0.15, -0.1) is 11.3 Å². The number of hydrogen-bond acceptors (Lipinski definition) is 3. The summed E-state index contributed by atoms with van der Waals surface area (Å²) in [5, 5.41) is 4.93. The van der Waals surface area contributed by atoms with Crippen molar-refractivity contribution >= 4 is 17.2 Å². The molecule has 0 bridgehead atoms. The molecule has 0 aromatic carbocycles. The van der Waals surface area contributed by atoms with Gasteiger partial charge in [-0.3, -0.25) is 4.79 Å². The first-order valence-electron chi connectivity index (χ1n) is 5.81. The number of amides is 1. The minimum absolute atomic E-state index is 0.162. The lowest BCUT2D eigenvalue weighted by molar-refractivity contribution is -0.121. The van der Waals surface area contributed by atoms with E-state index in [9.17, 15) is 4.79 Å². The number of carbonyl (C=O) groups is 1. The van der Waals surface area contributed by atoms with E-state index in [1.54, 1.807) is 11.3 Å². The summed E-state index contributed by atoms with van der Waals surface area (Å²) in [4.78, 5) is 12.6. The molecule has 1 heterocycles. The fourth-order valence-corrected chi connectivity index (χ4v) is 2.29. The van der Waals surface area contributed by atoms with Gasteiger partial charge in [0.15, 0.2) is 0 Å². The molecular weight excluding hydrogens is 232 g/mol. The van der Waals surface area contributed by atoms with Crippen LogP contribution in [-0.2, 0) is 11.3 Å². The number of carbonyl (C=O) groups excluding carboxylic acids is 1. The Balaban J connectivity index is 1.77. The summed E-state index contributed by atoms with van der Waals surface area (Å²) in [6, 6.07) is 2.00. The van der Waals surface area contributed by atoms with Crippen molar-refractivity contribution in [3.63, 3.8) is 0 Å². The molecule has 1 aromatic rings. The van der Waals surface area contributed by atoms with Crippen molar-refractivity contribution in [2.75, 3.05) is 6.54 Å². The topological polar surface area (TPSA) is 55.1 Å². The zero-order valence-corrected chi connectivity index (χ0v) is 10.5. The second-order valence-electron chi connectivity index (χ2n) is 4.23. The monoisotopic (exact) mass is 248 g/mol. The second kappa shape index (κ2) is 5.85. The maximum absolute atomic E-state index is 11.5. The van der Waals surface area contributed by atoms with Crippen LogP contribution < -0.4 is 11.1 Å². The molecule has 0 unspecified atom stereocenters. The summed E-state index contributed by atoms with van der Waals surface area (Å²) in [5.41, 5.74) is 6.29. The zero-order valence-electron chi connectivity index (χ0n) is 9.66. The van der Waals surface area contributed by atoms with E-state index in [0.717, 1.165) is 10.4 Å². The van der Waals surface area contributed by atoms with Gasteiger partial charge in [-0.25, -0.2) is 0 Å². The van der Waals surface area contributed by atoms with Gasteiger partial charge in [-0.05, 0) is 24.8 Å². The van der Waals surface area contributed by atoms with Gasteiger partial charge in [0.25, 0.3) is 0 Å². The van der Waals surface area contributed by atoms with Crippen LogP contribution in [0.15, 0.2) is 11.4 Å². The lowest BCUT2D eigenvalue weighted by Crippen LogP contribution is -2.22. The average Bonchev–Trinajstić information content (AvgIpc) is 3.01. The Hall–Kier alpha value is -1.31. The number of nitrogens with one attached hydrogen (secondary N) is 1. The molecule has 1 aromatic heterocycles. The molecule has 0 radical (unpaired) electrons. The first-order valence-corrected chi connectivity index (χ1v) is 6.69. The van der Waals surface area contributed by atoms with Crippen molar-refractivity contribution in [2.45, 2.75) is 25.8 Å². The third-order valence-electron chi connectivity index (χ3n) is 2.62. The highest BCUT2D eigenvalue weighted by Gasteiger charge is 2.24. The highest BCUT2D eigenvalue weighted by molar-refractivity contribution is 7.10. The van der Waals surface area contributed by atoms with Crippen LogP contribution in [0.25, 0.3) is 0 Å². The highest BCUT2D eigenvalue weighted by Crippen LogP contribution is 2.32. The predicted octanol–water partition coefficient (Wildman–Crippen LogP) is 1.47. The van der Waals surface area contributed by atoms with Gasteiger partial charge in [-0.2, -0.15) is 0 Å². The number of hydrogen-bond donors (Lipinski definition) is 2. The minimum Gasteiger partial charge on any atom is -0.351 e. The lowest BCUT2D eigenvalue weighted by Gasteiger charge is -2.01. The Kier molecular flexibility index (Phi) is 4.18. The van der Waals surface area contributed by atoms with Crippen molar-refractivity contribution < 1.29 is 4.79 Å².